The molecular formula is C13H17NO2. The van der Waals surface area contributed by atoms with E-state index in [-0.39, 0.29) is 24.0 Å². The second-order valence-corrected chi connectivity index (χ2v) is 3.99. The van der Waals surface area contributed by atoms with E-state index < -0.39 is 0 Å². The number of rotatable bonds is 5. The molecule has 16 heavy (non-hydrogen) atoms. The second-order valence-electron chi connectivity index (χ2n) is 3.99. The Morgan fingerprint density at radius 1 is 1.25 bits per heavy atom. The monoisotopic (exact) mass is 219 g/mol. The van der Waals surface area contributed by atoms with Gasteiger partial charge in [-0.3, -0.25) is 9.59 Å². The summed E-state index contributed by atoms with van der Waals surface area (Å²) < 4.78 is 0. The number of carbonyl (C=O) groups excluding carboxylic acids is 2. The Balaban J connectivity index is 2.39. The van der Waals surface area contributed by atoms with Crippen LogP contribution in [0.15, 0.2) is 30.3 Å². The highest BCUT2D eigenvalue weighted by Gasteiger charge is 2.08. The number of amides is 1. The van der Waals surface area contributed by atoms with Crippen LogP contribution >= 0.6 is 0 Å². The van der Waals surface area contributed by atoms with E-state index >= 15 is 0 Å². The Bertz CT molecular complexity index is 359. The van der Waals surface area contributed by atoms with Gasteiger partial charge in [0.2, 0.25) is 5.91 Å². The van der Waals surface area contributed by atoms with Gasteiger partial charge in [0.1, 0.15) is 5.78 Å². The lowest BCUT2D eigenvalue weighted by atomic mass is 10.0. The summed E-state index contributed by atoms with van der Waals surface area (Å²) in [7, 11) is 0. The zero-order chi connectivity index (χ0) is 12.0. The molecule has 1 amide bonds. The first-order valence-corrected chi connectivity index (χ1v) is 5.40. The molecular weight excluding hydrogens is 202 g/mol. The van der Waals surface area contributed by atoms with Crippen LogP contribution in [0.3, 0.4) is 0 Å². The Morgan fingerprint density at radius 2 is 1.88 bits per heavy atom. The minimum absolute atomic E-state index is 0.0263. The van der Waals surface area contributed by atoms with Gasteiger partial charge in [-0.15, -0.1) is 0 Å². The van der Waals surface area contributed by atoms with Crippen LogP contribution in [0.2, 0.25) is 0 Å². The van der Waals surface area contributed by atoms with Crippen LogP contribution in [0.25, 0.3) is 0 Å². The summed E-state index contributed by atoms with van der Waals surface area (Å²) in [6.07, 6.45) is -0.0263. The lowest BCUT2D eigenvalue weighted by Gasteiger charge is -2.12. The van der Waals surface area contributed by atoms with Crippen molar-refractivity contribution in [3.05, 3.63) is 35.9 Å². The quantitative estimate of drug-likeness (QED) is 0.769. The molecule has 0 bridgehead atoms. The molecule has 0 saturated carbocycles. The molecule has 0 fully saturated rings. The van der Waals surface area contributed by atoms with Gasteiger partial charge >= 0.3 is 0 Å². The Morgan fingerprint density at radius 3 is 2.44 bits per heavy atom. The van der Waals surface area contributed by atoms with Gasteiger partial charge < -0.3 is 5.32 Å². The first kappa shape index (κ1) is 12.4. The lowest BCUT2D eigenvalue weighted by molar-refractivity contribution is -0.127. The van der Waals surface area contributed by atoms with Crippen LogP contribution in [0, 0.1) is 0 Å². The molecule has 0 aliphatic carbocycles. The molecule has 1 atom stereocenters. The van der Waals surface area contributed by atoms with Crippen molar-refractivity contribution in [2.24, 2.45) is 0 Å². The molecule has 0 saturated heterocycles. The third kappa shape index (κ3) is 4.26. The van der Waals surface area contributed by atoms with Crippen LogP contribution in [0.1, 0.15) is 31.7 Å². The number of benzene rings is 1. The highest BCUT2D eigenvalue weighted by atomic mass is 16.2. The van der Waals surface area contributed by atoms with Gasteiger partial charge in [0, 0.05) is 6.54 Å². The number of Topliss-reactive ketones (excluding diaryl/α,β-unsaturated/α-hetero) is 1. The largest absolute Gasteiger partial charge is 0.355 e. The van der Waals surface area contributed by atoms with Crippen LogP contribution in [-0.2, 0) is 9.59 Å². The predicted octanol–water partition coefficient (Wildman–Crippen LogP) is 1.89. The van der Waals surface area contributed by atoms with Crippen LogP contribution < -0.4 is 5.32 Å². The first-order valence-electron chi connectivity index (χ1n) is 5.40. The zero-order valence-corrected chi connectivity index (χ0v) is 9.69. The van der Waals surface area contributed by atoms with Crippen LogP contribution in [-0.4, -0.2) is 18.2 Å². The van der Waals surface area contributed by atoms with Gasteiger partial charge in [0.25, 0.3) is 0 Å². The molecule has 0 aromatic heterocycles. The van der Waals surface area contributed by atoms with Crippen molar-refractivity contribution in [3.63, 3.8) is 0 Å². The summed E-state index contributed by atoms with van der Waals surface area (Å²) in [4.78, 5) is 22.0. The molecule has 0 radical (unpaired) electrons. The molecule has 1 aromatic carbocycles. The van der Waals surface area contributed by atoms with E-state index in [1.807, 2.05) is 37.3 Å². The number of hydrogen-bond donors (Lipinski definition) is 1. The van der Waals surface area contributed by atoms with Crippen LogP contribution in [0.5, 0.6) is 0 Å². The van der Waals surface area contributed by atoms with Gasteiger partial charge in [0.15, 0.2) is 0 Å². The molecule has 0 heterocycles. The normalized spacial score (nSPS) is 11.9. The van der Waals surface area contributed by atoms with Gasteiger partial charge in [-0.1, -0.05) is 37.3 Å². The van der Waals surface area contributed by atoms with E-state index in [0.29, 0.717) is 6.54 Å². The van der Waals surface area contributed by atoms with E-state index in [0.717, 1.165) is 0 Å². The number of nitrogens with one attached hydrogen (secondary N) is 1. The summed E-state index contributed by atoms with van der Waals surface area (Å²) in [5.74, 6) is -0.0442. The Kier molecular flexibility index (Phi) is 4.70. The van der Waals surface area contributed by atoms with Gasteiger partial charge in [0.05, 0.1) is 6.42 Å². The molecule has 0 aliphatic heterocycles. The van der Waals surface area contributed by atoms with Crippen molar-refractivity contribution in [1.29, 1.82) is 0 Å². The summed E-state index contributed by atoms with van der Waals surface area (Å²) in [5, 5.41) is 2.75. The third-order valence-corrected chi connectivity index (χ3v) is 2.38. The van der Waals surface area contributed by atoms with E-state index in [9.17, 15) is 9.59 Å². The summed E-state index contributed by atoms with van der Waals surface area (Å²) in [5.41, 5.74) is 1.19. The summed E-state index contributed by atoms with van der Waals surface area (Å²) >= 11 is 0. The molecule has 0 spiro atoms. The summed E-state index contributed by atoms with van der Waals surface area (Å²) in [6.45, 7) is 4.03. The fourth-order valence-electron chi connectivity index (χ4n) is 1.45. The van der Waals surface area contributed by atoms with Crippen molar-refractivity contribution in [2.75, 3.05) is 6.54 Å². The molecule has 0 aliphatic rings. The van der Waals surface area contributed by atoms with Crippen molar-refractivity contribution >= 4 is 11.7 Å². The number of ketones is 1. The SMILES string of the molecule is CC(=O)CC(=O)NCC(C)c1ccccc1. The Labute approximate surface area is 95.9 Å². The number of carbonyl (C=O) groups is 2. The molecule has 86 valence electrons. The highest BCUT2D eigenvalue weighted by molar-refractivity contribution is 5.96. The molecule has 3 nitrogen and oxygen atoms in total. The third-order valence-electron chi connectivity index (χ3n) is 2.38. The maximum atomic E-state index is 11.3. The average Bonchev–Trinajstić information content (AvgIpc) is 2.26. The van der Waals surface area contributed by atoms with E-state index in [1.54, 1.807) is 0 Å². The molecule has 1 N–H and O–H groups in total. The fourth-order valence-corrected chi connectivity index (χ4v) is 1.45. The van der Waals surface area contributed by atoms with E-state index in [2.05, 4.69) is 5.32 Å². The van der Waals surface area contributed by atoms with Crippen LogP contribution in [0.4, 0.5) is 0 Å². The van der Waals surface area contributed by atoms with E-state index in [1.165, 1.54) is 12.5 Å². The van der Waals surface area contributed by atoms with Crippen molar-refractivity contribution in [2.45, 2.75) is 26.2 Å². The summed E-state index contributed by atoms with van der Waals surface area (Å²) in [6, 6.07) is 9.97. The van der Waals surface area contributed by atoms with Gasteiger partial charge in [-0.2, -0.15) is 0 Å². The van der Waals surface area contributed by atoms with E-state index in [4.69, 9.17) is 0 Å². The molecule has 1 rings (SSSR count). The smallest absolute Gasteiger partial charge is 0.227 e. The predicted molar refractivity (Wildman–Crippen MR) is 63.2 cm³/mol. The second kappa shape index (κ2) is 6.05. The van der Waals surface area contributed by atoms with Gasteiger partial charge in [-0.25, -0.2) is 0 Å². The lowest BCUT2D eigenvalue weighted by Crippen LogP contribution is -2.28. The standard InChI is InChI=1S/C13H17NO2/c1-10(12-6-4-3-5-7-12)9-14-13(16)8-11(2)15/h3-7,10H,8-9H2,1-2H3,(H,14,16). The maximum absolute atomic E-state index is 11.3. The minimum Gasteiger partial charge on any atom is -0.355 e. The average molecular weight is 219 g/mol. The zero-order valence-electron chi connectivity index (χ0n) is 9.69. The van der Waals surface area contributed by atoms with Gasteiger partial charge in [-0.05, 0) is 18.4 Å². The first-order chi connectivity index (χ1) is 7.59. The fraction of sp³-hybridized carbons (Fsp3) is 0.385. The molecule has 3 heteroatoms. The highest BCUT2D eigenvalue weighted by Crippen LogP contribution is 2.12. The molecule has 1 unspecified atom stereocenters. The van der Waals surface area contributed by atoms with Crippen molar-refractivity contribution < 1.29 is 9.59 Å². The topological polar surface area (TPSA) is 46.2 Å². The van der Waals surface area contributed by atoms with Crippen molar-refractivity contribution in [3.8, 4) is 0 Å². The van der Waals surface area contributed by atoms with Crippen molar-refractivity contribution in [1.82, 2.24) is 5.32 Å². The maximum Gasteiger partial charge on any atom is 0.227 e. The minimum atomic E-state index is -0.199. The Hall–Kier alpha value is -1.64. The molecule has 1 aromatic rings. The number of hydrogen-bond acceptors (Lipinski definition) is 2.